The van der Waals surface area contributed by atoms with Crippen molar-refractivity contribution in [3.63, 3.8) is 0 Å². The second-order valence-electron chi connectivity index (χ2n) is 5.31. The molecule has 0 bridgehead atoms. The average molecular weight is 311 g/mol. The second-order valence-corrected chi connectivity index (χ2v) is 5.31. The molecule has 23 heavy (non-hydrogen) atoms. The summed E-state index contributed by atoms with van der Waals surface area (Å²) in [6, 6.07) is 9.44. The second kappa shape index (κ2) is 5.60. The van der Waals surface area contributed by atoms with Crippen LogP contribution in [0.5, 0.6) is 0 Å². The Kier molecular flexibility index (Phi) is 3.61. The molecule has 2 aromatic heterocycles. The quantitative estimate of drug-likeness (QED) is 0.666. The van der Waals surface area contributed by atoms with E-state index in [9.17, 15) is 9.59 Å². The first-order chi connectivity index (χ1) is 11.0. The first-order valence-electron chi connectivity index (χ1n) is 7.20. The lowest BCUT2D eigenvalue weighted by atomic mass is 10.1. The summed E-state index contributed by atoms with van der Waals surface area (Å²) in [4.78, 5) is 26.9. The number of nitrogen functional groups attached to an aromatic ring is 1. The van der Waals surface area contributed by atoms with Gasteiger partial charge in [0.1, 0.15) is 11.5 Å². The predicted molar refractivity (Wildman–Crippen MR) is 88.9 cm³/mol. The number of anilines is 1. The van der Waals surface area contributed by atoms with E-state index >= 15 is 0 Å². The number of primary amides is 1. The predicted octanol–water partition coefficient (Wildman–Crippen LogP) is 1.01. The van der Waals surface area contributed by atoms with Gasteiger partial charge in [-0.05, 0) is 12.1 Å². The van der Waals surface area contributed by atoms with Gasteiger partial charge in [-0.25, -0.2) is 4.98 Å². The maximum Gasteiger partial charge on any atom is 0.252 e. The molecule has 1 aromatic carbocycles. The summed E-state index contributed by atoms with van der Waals surface area (Å²) >= 11 is 0. The van der Waals surface area contributed by atoms with Crippen molar-refractivity contribution in [2.75, 3.05) is 12.3 Å². The van der Waals surface area contributed by atoms with Gasteiger partial charge in [-0.2, -0.15) is 0 Å². The number of benzene rings is 1. The van der Waals surface area contributed by atoms with Crippen molar-refractivity contribution in [3.8, 4) is 0 Å². The minimum Gasteiger partial charge on any atom is -0.383 e. The number of nitrogens with zero attached hydrogens (tertiary/aromatic N) is 2. The highest BCUT2D eigenvalue weighted by molar-refractivity contribution is 6.10. The molecule has 7 nitrogen and oxygen atoms in total. The van der Waals surface area contributed by atoms with Crippen LogP contribution in [0.1, 0.15) is 17.3 Å². The zero-order valence-corrected chi connectivity index (χ0v) is 12.7. The van der Waals surface area contributed by atoms with Gasteiger partial charge in [-0.15, -0.1) is 0 Å². The first-order valence-corrected chi connectivity index (χ1v) is 7.20. The van der Waals surface area contributed by atoms with Crippen molar-refractivity contribution in [2.24, 2.45) is 5.73 Å². The average Bonchev–Trinajstić information content (AvgIpc) is 2.79. The van der Waals surface area contributed by atoms with E-state index < -0.39 is 5.91 Å². The molecule has 5 N–H and O–H groups in total. The van der Waals surface area contributed by atoms with Gasteiger partial charge < -0.3 is 21.4 Å². The van der Waals surface area contributed by atoms with Crippen molar-refractivity contribution in [1.82, 2.24) is 14.9 Å². The minimum absolute atomic E-state index is 0.0887. The summed E-state index contributed by atoms with van der Waals surface area (Å²) in [6.07, 6.45) is 0. The molecule has 0 radical (unpaired) electrons. The van der Waals surface area contributed by atoms with Gasteiger partial charge in [-0.3, -0.25) is 9.59 Å². The third kappa shape index (κ3) is 2.57. The third-order valence-electron chi connectivity index (χ3n) is 3.75. The molecule has 0 aliphatic heterocycles. The normalized spacial score (nSPS) is 11.0. The Labute approximate surface area is 132 Å². The van der Waals surface area contributed by atoms with E-state index in [1.54, 1.807) is 6.07 Å². The van der Waals surface area contributed by atoms with Crippen molar-refractivity contribution >= 4 is 39.6 Å². The Morgan fingerprint density at radius 1 is 1.26 bits per heavy atom. The minimum atomic E-state index is -0.605. The Morgan fingerprint density at radius 2 is 2.00 bits per heavy atom. The molecule has 2 heterocycles. The molecule has 2 amide bonds. The largest absolute Gasteiger partial charge is 0.383 e. The summed E-state index contributed by atoms with van der Waals surface area (Å²) in [6.45, 7) is 2.50. The van der Waals surface area contributed by atoms with E-state index in [1.807, 2.05) is 28.8 Å². The fourth-order valence-electron chi connectivity index (χ4n) is 2.74. The van der Waals surface area contributed by atoms with E-state index in [0.717, 1.165) is 16.3 Å². The number of fused-ring (bicyclic) bond motifs is 3. The molecule has 3 aromatic rings. The number of hydrogen-bond acceptors (Lipinski definition) is 4. The summed E-state index contributed by atoms with van der Waals surface area (Å²) in [5, 5.41) is 4.53. The van der Waals surface area contributed by atoms with Gasteiger partial charge in [0.25, 0.3) is 5.91 Å². The van der Waals surface area contributed by atoms with Gasteiger partial charge in [0.2, 0.25) is 5.91 Å². The van der Waals surface area contributed by atoms with Crippen LogP contribution >= 0.6 is 0 Å². The van der Waals surface area contributed by atoms with E-state index in [2.05, 4.69) is 10.3 Å². The van der Waals surface area contributed by atoms with E-state index in [1.165, 1.54) is 6.92 Å². The number of amides is 2. The molecule has 0 atom stereocenters. The van der Waals surface area contributed by atoms with Gasteiger partial charge in [-0.1, -0.05) is 18.2 Å². The van der Waals surface area contributed by atoms with Gasteiger partial charge in [0, 0.05) is 30.8 Å². The fraction of sp³-hybridized carbons (Fsp3) is 0.188. The van der Waals surface area contributed by atoms with Crippen LogP contribution in [0.25, 0.3) is 21.9 Å². The smallest absolute Gasteiger partial charge is 0.252 e. The highest BCUT2D eigenvalue weighted by Crippen LogP contribution is 2.29. The molecule has 0 unspecified atom stereocenters. The van der Waals surface area contributed by atoms with Crippen LogP contribution in [-0.4, -0.2) is 27.9 Å². The van der Waals surface area contributed by atoms with Crippen molar-refractivity contribution in [2.45, 2.75) is 13.5 Å². The lowest BCUT2D eigenvalue weighted by Gasteiger charge is -2.08. The number of para-hydroxylation sites is 1. The number of hydrogen-bond donors (Lipinski definition) is 3. The van der Waals surface area contributed by atoms with Crippen LogP contribution < -0.4 is 16.8 Å². The maximum atomic E-state index is 11.5. The Hall–Kier alpha value is -3.09. The SMILES string of the molecule is CC(=O)NCCn1c2ccccc2c2cc(C(N)=O)c(N)nc21. The highest BCUT2D eigenvalue weighted by Gasteiger charge is 2.16. The molecular formula is C16H17N5O2. The first kappa shape index (κ1) is 14.8. The summed E-state index contributed by atoms with van der Waals surface area (Å²) in [7, 11) is 0. The summed E-state index contributed by atoms with van der Waals surface area (Å²) < 4.78 is 1.97. The summed E-state index contributed by atoms with van der Waals surface area (Å²) in [5.74, 6) is -0.588. The lowest BCUT2D eigenvalue weighted by Crippen LogP contribution is -2.24. The number of nitrogens with one attached hydrogen (secondary N) is 1. The maximum absolute atomic E-state index is 11.5. The van der Waals surface area contributed by atoms with Crippen molar-refractivity contribution in [1.29, 1.82) is 0 Å². The Morgan fingerprint density at radius 3 is 2.70 bits per heavy atom. The molecule has 3 rings (SSSR count). The van der Waals surface area contributed by atoms with Crippen molar-refractivity contribution in [3.05, 3.63) is 35.9 Å². The molecular weight excluding hydrogens is 294 g/mol. The Bertz CT molecular complexity index is 929. The number of rotatable bonds is 4. The topological polar surface area (TPSA) is 116 Å². The number of pyridine rings is 1. The van der Waals surface area contributed by atoms with Crippen LogP contribution in [0.2, 0.25) is 0 Å². The monoisotopic (exact) mass is 311 g/mol. The van der Waals surface area contributed by atoms with Crippen LogP contribution in [0.4, 0.5) is 5.82 Å². The molecule has 7 heteroatoms. The highest BCUT2D eigenvalue weighted by atomic mass is 16.1. The number of nitrogens with two attached hydrogens (primary N) is 2. The lowest BCUT2D eigenvalue weighted by molar-refractivity contribution is -0.118. The molecule has 0 spiro atoms. The van der Waals surface area contributed by atoms with Gasteiger partial charge in [0.15, 0.2) is 0 Å². The molecule has 0 fully saturated rings. The van der Waals surface area contributed by atoms with Crippen LogP contribution in [0.3, 0.4) is 0 Å². The van der Waals surface area contributed by atoms with Crippen molar-refractivity contribution < 1.29 is 9.59 Å². The summed E-state index contributed by atoms with van der Waals surface area (Å²) in [5.41, 5.74) is 13.1. The molecule has 0 saturated carbocycles. The van der Waals surface area contributed by atoms with Crippen LogP contribution in [0, 0.1) is 0 Å². The van der Waals surface area contributed by atoms with E-state index in [4.69, 9.17) is 11.5 Å². The zero-order chi connectivity index (χ0) is 16.6. The van der Waals surface area contributed by atoms with Gasteiger partial charge >= 0.3 is 0 Å². The molecule has 0 aliphatic rings. The van der Waals surface area contributed by atoms with E-state index in [0.29, 0.717) is 18.7 Å². The Balaban J connectivity index is 2.22. The number of aromatic nitrogens is 2. The zero-order valence-electron chi connectivity index (χ0n) is 12.7. The fourth-order valence-corrected chi connectivity index (χ4v) is 2.74. The van der Waals surface area contributed by atoms with Gasteiger partial charge in [0.05, 0.1) is 11.1 Å². The molecule has 118 valence electrons. The van der Waals surface area contributed by atoms with Crippen LogP contribution in [0.15, 0.2) is 30.3 Å². The molecule has 0 saturated heterocycles. The number of carbonyl (C=O) groups is 2. The van der Waals surface area contributed by atoms with E-state index in [-0.39, 0.29) is 17.3 Å². The molecule has 0 aliphatic carbocycles. The number of carbonyl (C=O) groups excluding carboxylic acids is 2. The standard InChI is InChI=1S/C16H17N5O2/c1-9(22)19-6-7-21-13-5-3-2-4-10(13)11-8-12(15(18)23)14(17)20-16(11)21/h2-5,8H,6-7H2,1H3,(H2,17,20)(H2,18,23)(H,19,22). The third-order valence-corrected chi connectivity index (χ3v) is 3.75. The van der Waals surface area contributed by atoms with Crippen LogP contribution in [-0.2, 0) is 11.3 Å².